The topological polar surface area (TPSA) is 91.2 Å². The third-order valence-electron chi connectivity index (χ3n) is 5.42. The summed E-state index contributed by atoms with van der Waals surface area (Å²) in [6.07, 6.45) is 0.844. The number of benzene rings is 2. The van der Waals surface area contributed by atoms with Crippen LogP contribution in [0.1, 0.15) is 52.3 Å². The van der Waals surface area contributed by atoms with Gasteiger partial charge in [0.05, 0.1) is 5.56 Å². The minimum atomic E-state index is -0.592. The zero-order chi connectivity index (χ0) is 23.4. The zero-order valence-electron chi connectivity index (χ0n) is 19.0. The summed E-state index contributed by atoms with van der Waals surface area (Å²) in [6.45, 7) is 8.98. The molecule has 0 aliphatic heterocycles. The van der Waals surface area contributed by atoms with Crippen LogP contribution in [0.25, 0.3) is 11.1 Å². The van der Waals surface area contributed by atoms with Crippen LogP contribution in [0.4, 0.5) is 0 Å². The van der Waals surface area contributed by atoms with Crippen molar-refractivity contribution in [1.82, 2.24) is 4.98 Å². The number of amides is 1. The van der Waals surface area contributed by atoms with Crippen LogP contribution in [-0.2, 0) is 19.6 Å². The number of hydrogen-bond acceptors (Lipinski definition) is 4. The lowest BCUT2D eigenvalue weighted by molar-refractivity contribution is 0.0996. The number of aromatic nitrogens is 1. The minimum Gasteiger partial charge on any atom is -0.488 e. The second-order valence-electron chi connectivity index (χ2n) is 8.44. The highest BCUT2D eigenvalue weighted by molar-refractivity contribution is 6.31. The van der Waals surface area contributed by atoms with E-state index in [4.69, 9.17) is 32.8 Å². The Morgan fingerprint density at radius 3 is 2.38 bits per heavy atom. The maximum absolute atomic E-state index is 11.9. The highest BCUT2D eigenvalue weighted by Crippen LogP contribution is 2.34. The minimum absolute atomic E-state index is 0.221. The Hall–Kier alpha value is -2.89. The summed E-state index contributed by atoms with van der Waals surface area (Å²) in [4.78, 5) is 16.8. The number of nitrogens with two attached hydrogens (primary N) is 2. The molecule has 0 aliphatic rings. The molecule has 0 saturated carbocycles. The van der Waals surface area contributed by atoms with Gasteiger partial charge >= 0.3 is 0 Å². The largest absolute Gasteiger partial charge is 0.488 e. The molecule has 1 amide bonds. The molecule has 5 nitrogen and oxygen atoms in total. The number of pyridine rings is 1. The van der Waals surface area contributed by atoms with Crippen molar-refractivity contribution in [3.8, 4) is 16.9 Å². The van der Waals surface area contributed by atoms with Crippen LogP contribution in [0.2, 0.25) is 5.02 Å². The summed E-state index contributed by atoms with van der Waals surface area (Å²) in [6, 6.07) is 13.2. The lowest BCUT2D eigenvalue weighted by atomic mass is 9.90. The van der Waals surface area contributed by atoms with E-state index >= 15 is 0 Å². The summed E-state index contributed by atoms with van der Waals surface area (Å²) < 4.78 is 6.09. The van der Waals surface area contributed by atoms with Gasteiger partial charge in [0.15, 0.2) is 0 Å². The van der Waals surface area contributed by atoms with E-state index in [0.29, 0.717) is 23.2 Å². The molecule has 2 aromatic carbocycles. The molecule has 4 N–H and O–H groups in total. The molecule has 0 bridgehead atoms. The van der Waals surface area contributed by atoms with Gasteiger partial charge in [0, 0.05) is 28.5 Å². The third-order valence-corrected chi connectivity index (χ3v) is 5.65. The van der Waals surface area contributed by atoms with Crippen molar-refractivity contribution in [2.75, 3.05) is 0 Å². The van der Waals surface area contributed by atoms with Crippen molar-refractivity contribution in [3.05, 3.63) is 81.1 Å². The highest BCUT2D eigenvalue weighted by atomic mass is 35.5. The van der Waals surface area contributed by atoms with Crippen LogP contribution in [0.15, 0.2) is 42.5 Å². The average Bonchev–Trinajstić information content (AvgIpc) is 2.73. The number of carbonyl (C=O) groups is 1. The van der Waals surface area contributed by atoms with Crippen molar-refractivity contribution < 1.29 is 9.53 Å². The Balaban J connectivity index is 2.13. The standard InChI is InChI=1S/C26H30ClN3O2/c1-15(2)11-23-21(13-28)25(18-7-5-16(3)6-8-18)22(17(4)30-23)14-32-24-10-9-19(27)12-20(24)26(29)31/h5-10,12,15H,11,13-14,28H2,1-4H3,(H2,29,31). The smallest absolute Gasteiger partial charge is 0.252 e. The fourth-order valence-electron chi connectivity index (χ4n) is 3.84. The Kier molecular flexibility index (Phi) is 7.54. The van der Waals surface area contributed by atoms with Gasteiger partial charge in [0.25, 0.3) is 5.91 Å². The molecule has 3 aromatic rings. The molecule has 0 unspecified atom stereocenters. The van der Waals surface area contributed by atoms with E-state index in [0.717, 1.165) is 40.1 Å². The molecule has 1 heterocycles. The van der Waals surface area contributed by atoms with Crippen molar-refractivity contribution in [3.63, 3.8) is 0 Å². The number of primary amides is 1. The lowest BCUT2D eigenvalue weighted by Gasteiger charge is -2.21. The first-order valence-electron chi connectivity index (χ1n) is 10.7. The van der Waals surface area contributed by atoms with Crippen LogP contribution >= 0.6 is 11.6 Å². The van der Waals surface area contributed by atoms with Gasteiger partial charge in [-0.25, -0.2) is 0 Å². The Labute approximate surface area is 194 Å². The fourth-order valence-corrected chi connectivity index (χ4v) is 4.01. The van der Waals surface area contributed by atoms with Crippen molar-refractivity contribution >= 4 is 17.5 Å². The summed E-state index contributed by atoms with van der Waals surface area (Å²) >= 11 is 6.03. The first kappa shape index (κ1) is 23.8. The number of rotatable bonds is 8. The second kappa shape index (κ2) is 10.2. The number of carbonyl (C=O) groups excluding carboxylic acids is 1. The van der Waals surface area contributed by atoms with Crippen LogP contribution in [-0.4, -0.2) is 10.9 Å². The third kappa shape index (κ3) is 5.29. The molecule has 1 aromatic heterocycles. The molecule has 0 radical (unpaired) electrons. The molecule has 3 rings (SSSR count). The fraction of sp³-hybridized carbons (Fsp3) is 0.308. The summed E-state index contributed by atoms with van der Waals surface area (Å²) in [5, 5.41) is 0.424. The quantitative estimate of drug-likeness (QED) is 0.482. The average molecular weight is 452 g/mol. The first-order valence-corrected chi connectivity index (χ1v) is 11.1. The Bertz CT molecular complexity index is 1120. The lowest BCUT2D eigenvalue weighted by Crippen LogP contribution is -2.16. The predicted octanol–water partition coefficient (Wildman–Crippen LogP) is 5.35. The summed E-state index contributed by atoms with van der Waals surface area (Å²) in [5.74, 6) is 0.245. The molecular formula is C26H30ClN3O2. The molecule has 0 spiro atoms. The van der Waals surface area contributed by atoms with Crippen LogP contribution in [0, 0.1) is 19.8 Å². The van der Waals surface area contributed by atoms with E-state index in [1.165, 1.54) is 11.6 Å². The molecule has 0 fully saturated rings. The van der Waals surface area contributed by atoms with Gasteiger partial charge in [-0.1, -0.05) is 55.3 Å². The van der Waals surface area contributed by atoms with Gasteiger partial charge in [-0.15, -0.1) is 0 Å². The molecule has 0 atom stereocenters. The zero-order valence-corrected chi connectivity index (χ0v) is 19.8. The summed E-state index contributed by atoms with van der Waals surface area (Å²) in [5.41, 5.74) is 19.2. The van der Waals surface area contributed by atoms with E-state index in [-0.39, 0.29) is 12.2 Å². The number of nitrogens with zero attached hydrogens (tertiary/aromatic N) is 1. The van der Waals surface area contributed by atoms with Gasteiger partial charge in [-0.05, 0) is 61.1 Å². The molecule has 6 heteroatoms. The van der Waals surface area contributed by atoms with E-state index in [2.05, 4.69) is 45.0 Å². The monoisotopic (exact) mass is 451 g/mol. The summed E-state index contributed by atoms with van der Waals surface area (Å²) in [7, 11) is 0. The number of halogens is 1. The highest BCUT2D eigenvalue weighted by Gasteiger charge is 2.20. The van der Waals surface area contributed by atoms with E-state index in [1.807, 2.05) is 6.92 Å². The van der Waals surface area contributed by atoms with Crippen LogP contribution < -0.4 is 16.2 Å². The van der Waals surface area contributed by atoms with Crippen molar-refractivity contribution in [1.29, 1.82) is 0 Å². The van der Waals surface area contributed by atoms with Crippen molar-refractivity contribution in [2.24, 2.45) is 17.4 Å². The molecule has 168 valence electrons. The van der Waals surface area contributed by atoms with E-state index < -0.39 is 5.91 Å². The van der Waals surface area contributed by atoms with Gasteiger partial charge in [-0.2, -0.15) is 0 Å². The molecule has 0 saturated heterocycles. The van der Waals surface area contributed by atoms with Gasteiger partial charge in [-0.3, -0.25) is 9.78 Å². The van der Waals surface area contributed by atoms with Crippen LogP contribution in [0.5, 0.6) is 5.75 Å². The van der Waals surface area contributed by atoms with Crippen LogP contribution in [0.3, 0.4) is 0 Å². The maximum Gasteiger partial charge on any atom is 0.252 e. The SMILES string of the molecule is Cc1ccc(-c2c(COc3ccc(Cl)cc3C(N)=O)c(C)nc(CC(C)C)c2CN)cc1. The number of aryl methyl sites for hydroxylation is 2. The molecule has 0 aliphatic carbocycles. The molecule has 32 heavy (non-hydrogen) atoms. The second-order valence-corrected chi connectivity index (χ2v) is 8.87. The first-order chi connectivity index (χ1) is 15.2. The van der Waals surface area contributed by atoms with Gasteiger partial charge in [0.1, 0.15) is 12.4 Å². The molecular weight excluding hydrogens is 422 g/mol. The normalized spacial score (nSPS) is 11.1. The maximum atomic E-state index is 11.9. The number of ether oxygens (including phenoxy) is 1. The van der Waals surface area contributed by atoms with E-state index in [1.54, 1.807) is 12.1 Å². The number of hydrogen-bond donors (Lipinski definition) is 2. The Morgan fingerprint density at radius 2 is 1.78 bits per heavy atom. The van der Waals surface area contributed by atoms with Gasteiger partial charge in [0.2, 0.25) is 0 Å². The van der Waals surface area contributed by atoms with E-state index in [9.17, 15) is 4.79 Å². The van der Waals surface area contributed by atoms with Crippen molar-refractivity contribution in [2.45, 2.75) is 47.3 Å². The Morgan fingerprint density at radius 1 is 1.09 bits per heavy atom. The predicted molar refractivity (Wildman–Crippen MR) is 130 cm³/mol. The van der Waals surface area contributed by atoms with Gasteiger partial charge < -0.3 is 16.2 Å².